The number of aromatic nitrogens is 1. The van der Waals surface area contributed by atoms with Crippen LogP contribution in [0, 0.1) is 5.92 Å². The molecule has 3 atom stereocenters. The number of hydrogen-bond donors (Lipinski definition) is 2. The van der Waals surface area contributed by atoms with Crippen molar-refractivity contribution in [2.45, 2.75) is 24.3 Å². The number of fused-ring (bicyclic) bond motifs is 2. The van der Waals surface area contributed by atoms with E-state index < -0.39 is 0 Å². The van der Waals surface area contributed by atoms with Crippen LogP contribution in [0.25, 0.3) is 10.9 Å². The van der Waals surface area contributed by atoms with Gasteiger partial charge in [0.05, 0.1) is 0 Å². The zero-order chi connectivity index (χ0) is 20.8. The Morgan fingerprint density at radius 1 is 1.00 bits per heavy atom. The van der Waals surface area contributed by atoms with Crippen LogP contribution in [0.5, 0.6) is 0 Å². The van der Waals surface area contributed by atoms with E-state index in [-0.39, 0.29) is 17.4 Å². The number of piperidine rings is 2. The number of benzene rings is 2. The summed E-state index contributed by atoms with van der Waals surface area (Å²) in [6.45, 7) is 6.56. The Hall–Kier alpha value is -2.63. The van der Waals surface area contributed by atoms with Crippen LogP contribution in [0.4, 0.5) is 0 Å². The third-order valence-corrected chi connectivity index (χ3v) is 7.76. The average Bonchev–Trinajstić information content (AvgIpc) is 3.04. The predicted molar refractivity (Wildman–Crippen MR) is 123 cm³/mol. The third-order valence-electron chi connectivity index (χ3n) is 7.76. The van der Waals surface area contributed by atoms with Crippen LogP contribution in [-0.2, 0) is 16.6 Å². The van der Waals surface area contributed by atoms with Crippen molar-refractivity contribution in [2.75, 3.05) is 39.3 Å². The fourth-order valence-electron chi connectivity index (χ4n) is 6.40. The van der Waals surface area contributed by atoms with Crippen molar-refractivity contribution in [1.82, 2.24) is 20.1 Å². The van der Waals surface area contributed by atoms with Crippen LogP contribution in [0.2, 0.25) is 0 Å². The van der Waals surface area contributed by atoms with Gasteiger partial charge in [0.15, 0.2) is 0 Å². The van der Waals surface area contributed by atoms with Crippen molar-refractivity contribution in [1.29, 1.82) is 0 Å². The maximum Gasteiger partial charge on any atom is 0.220 e. The van der Waals surface area contributed by atoms with E-state index in [1.54, 1.807) is 0 Å². The Kier molecular flexibility index (Phi) is 4.62. The summed E-state index contributed by atoms with van der Waals surface area (Å²) >= 11 is 0. The predicted octanol–water partition coefficient (Wildman–Crippen LogP) is 2.78. The van der Waals surface area contributed by atoms with E-state index in [4.69, 9.17) is 0 Å². The quantitative estimate of drug-likeness (QED) is 0.675. The zero-order valence-corrected chi connectivity index (χ0v) is 17.9. The first-order valence-electron chi connectivity index (χ1n) is 11.6. The Morgan fingerprint density at radius 2 is 1.71 bits per heavy atom. The Labute approximate surface area is 183 Å². The molecule has 1 aromatic heterocycles. The summed E-state index contributed by atoms with van der Waals surface area (Å²) in [6, 6.07) is 19.4. The topological polar surface area (TPSA) is 51.4 Å². The molecule has 2 unspecified atom stereocenters. The Morgan fingerprint density at radius 3 is 2.48 bits per heavy atom. The maximum atomic E-state index is 13.2. The number of nitrogens with one attached hydrogen (secondary N) is 2. The molecule has 0 spiro atoms. The molecule has 4 bridgehead atoms. The summed E-state index contributed by atoms with van der Waals surface area (Å²) in [6.07, 6.45) is 3.35. The van der Waals surface area contributed by atoms with Gasteiger partial charge in [-0.3, -0.25) is 4.79 Å². The molecule has 5 nitrogen and oxygen atoms in total. The molecule has 4 saturated heterocycles. The summed E-state index contributed by atoms with van der Waals surface area (Å²) < 4.78 is 0. The largest absolute Gasteiger partial charge is 0.361 e. The molecule has 5 heteroatoms. The summed E-state index contributed by atoms with van der Waals surface area (Å²) in [7, 11) is 0. The van der Waals surface area contributed by atoms with Crippen molar-refractivity contribution in [3.05, 3.63) is 71.9 Å². The van der Waals surface area contributed by atoms with Crippen LogP contribution in [-0.4, -0.2) is 66.0 Å². The Bertz CT molecular complexity index is 1070. The maximum absolute atomic E-state index is 13.2. The molecule has 3 aromatic rings. The molecular formula is C26H30N4O. The van der Waals surface area contributed by atoms with E-state index in [0.717, 1.165) is 51.2 Å². The summed E-state index contributed by atoms with van der Waals surface area (Å²) in [4.78, 5) is 21.8. The molecule has 4 aliphatic rings. The van der Waals surface area contributed by atoms with E-state index in [0.29, 0.717) is 12.3 Å². The normalized spacial score (nSPS) is 31.6. The van der Waals surface area contributed by atoms with Crippen LogP contribution in [0.3, 0.4) is 0 Å². The highest BCUT2D eigenvalue weighted by atomic mass is 16.1. The molecule has 2 aromatic carbocycles. The number of para-hydroxylation sites is 1. The number of rotatable bonds is 5. The molecule has 5 heterocycles. The van der Waals surface area contributed by atoms with Crippen molar-refractivity contribution in [3.63, 3.8) is 0 Å². The first-order chi connectivity index (χ1) is 15.2. The molecule has 0 aliphatic carbocycles. The zero-order valence-electron chi connectivity index (χ0n) is 17.9. The van der Waals surface area contributed by atoms with Gasteiger partial charge in [0, 0.05) is 80.2 Å². The van der Waals surface area contributed by atoms with Crippen molar-refractivity contribution >= 4 is 16.8 Å². The first kappa shape index (κ1) is 19.1. The molecule has 1 amide bonds. The van der Waals surface area contributed by atoms with E-state index in [1.165, 1.54) is 16.5 Å². The van der Waals surface area contributed by atoms with Gasteiger partial charge in [-0.05, 0) is 23.6 Å². The smallest absolute Gasteiger partial charge is 0.220 e. The standard InChI is InChI=1S/C26H30N4O/c31-24(11-10-19-14-27-23-9-5-4-8-22(19)23)28-25-20-15-29-12-13-30(16-20)18-26(25,17-29)21-6-2-1-3-7-21/h1-9,14,20,25,27H,10-13,15-18H2,(H,28,31)/t20?,25-,26?/m1/s1. The second-order valence-corrected chi connectivity index (χ2v) is 9.66. The van der Waals surface area contributed by atoms with Crippen LogP contribution < -0.4 is 5.32 Å². The third kappa shape index (κ3) is 3.27. The van der Waals surface area contributed by atoms with E-state index in [2.05, 4.69) is 74.8 Å². The molecule has 2 N–H and O–H groups in total. The highest BCUT2D eigenvalue weighted by Gasteiger charge is 2.55. The van der Waals surface area contributed by atoms with Gasteiger partial charge in [-0.1, -0.05) is 48.5 Å². The van der Waals surface area contributed by atoms with Gasteiger partial charge in [-0.25, -0.2) is 0 Å². The number of aryl methyl sites for hydroxylation is 1. The van der Waals surface area contributed by atoms with Crippen molar-refractivity contribution in [3.8, 4) is 0 Å². The first-order valence-corrected chi connectivity index (χ1v) is 11.6. The van der Waals surface area contributed by atoms with Gasteiger partial charge < -0.3 is 20.1 Å². The van der Waals surface area contributed by atoms with Gasteiger partial charge in [0.1, 0.15) is 0 Å². The monoisotopic (exact) mass is 414 g/mol. The van der Waals surface area contributed by atoms with Crippen molar-refractivity contribution < 1.29 is 4.79 Å². The fourth-order valence-corrected chi connectivity index (χ4v) is 6.40. The summed E-state index contributed by atoms with van der Waals surface area (Å²) in [5.41, 5.74) is 3.72. The van der Waals surface area contributed by atoms with Gasteiger partial charge in [0.2, 0.25) is 5.91 Å². The number of H-pyrrole nitrogens is 1. The highest BCUT2D eigenvalue weighted by molar-refractivity contribution is 5.84. The fraction of sp³-hybridized carbons (Fsp3) is 0.423. The molecule has 4 aliphatic heterocycles. The minimum Gasteiger partial charge on any atom is -0.361 e. The summed E-state index contributed by atoms with van der Waals surface area (Å²) in [5, 5.41) is 4.76. The van der Waals surface area contributed by atoms with Crippen LogP contribution >= 0.6 is 0 Å². The highest BCUT2D eigenvalue weighted by Crippen LogP contribution is 2.43. The second kappa shape index (κ2) is 7.50. The number of carbonyl (C=O) groups excluding carboxylic acids is 1. The number of amides is 1. The van der Waals surface area contributed by atoms with E-state index >= 15 is 0 Å². The molecule has 7 rings (SSSR count). The van der Waals surface area contributed by atoms with Gasteiger partial charge in [-0.2, -0.15) is 0 Å². The lowest BCUT2D eigenvalue weighted by molar-refractivity contribution is -0.124. The average molecular weight is 415 g/mol. The van der Waals surface area contributed by atoms with Crippen molar-refractivity contribution in [2.24, 2.45) is 5.92 Å². The minimum absolute atomic E-state index is 0.0185. The number of carbonyl (C=O) groups is 1. The molecule has 4 fully saturated rings. The molecule has 31 heavy (non-hydrogen) atoms. The molecule has 0 saturated carbocycles. The van der Waals surface area contributed by atoms with Crippen LogP contribution in [0.15, 0.2) is 60.8 Å². The molecular weight excluding hydrogens is 384 g/mol. The molecule has 0 radical (unpaired) electrons. The molecule has 160 valence electrons. The lowest BCUT2D eigenvalue weighted by Gasteiger charge is -2.55. The number of aromatic amines is 1. The second-order valence-electron chi connectivity index (χ2n) is 9.66. The Balaban J connectivity index is 1.24. The number of hydrogen-bond acceptors (Lipinski definition) is 3. The van der Waals surface area contributed by atoms with E-state index in [1.807, 2.05) is 6.07 Å². The number of nitrogens with zero attached hydrogens (tertiary/aromatic N) is 2. The summed E-state index contributed by atoms with van der Waals surface area (Å²) in [5.74, 6) is 0.670. The van der Waals surface area contributed by atoms with E-state index in [9.17, 15) is 4.79 Å². The van der Waals surface area contributed by atoms with Gasteiger partial charge in [-0.15, -0.1) is 0 Å². The lowest BCUT2D eigenvalue weighted by Crippen LogP contribution is -2.70. The lowest BCUT2D eigenvalue weighted by atomic mass is 9.64. The van der Waals surface area contributed by atoms with Gasteiger partial charge in [0.25, 0.3) is 0 Å². The minimum atomic E-state index is -0.0185. The van der Waals surface area contributed by atoms with Gasteiger partial charge >= 0.3 is 0 Å². The van der Waals surface area contributed by atoms with Crippen LogP contribution in [0.1, 0.15) is 17.5 Å². The SMILES string of the molecule is O=C(CCc1c[nH]c2ccccc12)N[C@@H]1C2CN3CCN(C2)CC1(c1ccccc1)C3.